The maximum absolute atomic E-state index is 2.34. The van der Waals surface area contributed by atoms with Gasteiger partial charge in [0.1, 0.15) is 28.2 Å². The molecule has 0 radical (unpaired) electrons. The van der Waals surface area contributed by atoms with Crippen molar-refractivity contribution in [3.05, 3.63) is 314 Å². The highest BCUT2D eigenvalue weighted by Gasteiger charge is 2.19. The van der Waals surface area contributed by atoms with Gasteiger partial charge in [-0.05, 0) is 197 Å². The van der Waals surface area contributed by atoms with Crippen molar-refractivity contribution < 1.29 is 18.3 Å². The predicted octanol–water partition coefficient (Wildman–Crippen LogP) is 27.4. The Balaban J connectivity index is 0.000000234. The molecule has 0 amide bonds. The van der Waals surface area contributed by atoms with Gasteiger partial charge in [-0.2, -0.15) is 0 Å². The normalized spacial score (nSPS) is 9.92. The fraction of sp³-hybridized carbons (Fsp3) is 0.240. The molecule has 0 saturated heterocycles. The van der Waals surface area contributed by atoms with Gasteiger partial charge in [-0.25, -0.2) is 18.3 Å². The van der Waals surface area contributed by atoms with E-state index in [1.54, 1.807) is 0 Å². The molecule has 16 aromatic rings. The monoisotopic (exact) mass is 1380 g/mol. The van der Waals surface area contributed by atoms with E-state index < -0.39 is 0 Å². The summed E-state index contributed by atoms with van der Waals surface area (Å²) in [4.78, 5) is 0. The lowest BCUT2D eigenvalue weighted by Gasteiger charge is -2.11. The van der Waals surface area contributed by atoms with Crippen LogP contribution in [0.15, 0.2) is 292 Å². The molecule has 0 bridgehead atoms. The van der Waals surface area contributed by atoms with Gasteiger partial charge in [-0.1, -0.05) is 269 Å². The summed E-state index contributed by atoms with van der Waals surface area (Å²) in [5.74, 6) is 0. The molecule has 0 unspecified atom stereocenters. The number of pyridine rings is 4. The number of benzene rings is 12. The van der Waals surface area contributed by atoms with Crippen molar-refractivity contribution in [3.8, 4) is 45.0 Å². The van der Waals surface area contributed by atoms with Crippen molar-refractivity contribution in [3.63, 3.8) is 0 Å². The maximum Gasteiger partial charge on any atom is 0.212 e. The van der Waals surface area contributed by atoms with E-state index in [4.69, 9.17) is 0 Å². The smallest absolute Gasteiger partial charge is 0.201 e. The van der Waals surface area contributed by atoms with E-state index in [-0.39, 0.29) is 0 Å². The third-order valence-corrected chi connectivity index (χ3v) is 17.9. The third-order valence-electron chi connectivity index (χ3n) is 17.9. The minimum Gasteiger partial charge on any atom is -0.201 e. The lowest BCUT2D eigenvalue weighted by molar-refractivity contribution is -0.660. The van der Waals surface area contributed by atoms with E-state index in [0.29, 0.717) is 0 Å². The molecule has 4 heterocycles. The molecule has 16 rings (SSSR count). The lowest BCUT2D eigenvalue weighted by atomic mass is 9.93. The molecule has 0 aliphatic heterocycles. The zero-order valence-corrected chi connectivity index (χ0v) is 67.5. The largest absolute Gasteiger partial charge is 0.212 e. The van der Waals surface area contributed by atoms with Crippen LogP contribution in [0.2, 0.25) is 0 Å². The second-order valence-corrected chi connectivity index (χ2v) is 23.4. The first-order valence-corrected chi connectivity index (χ1v) is 38.5. The molecular weight excluding hydrogens is 1260 g/mol. The van der Waals surface area contributed by atoms with Crippen LogP contribution in [-0.2, 0) is 28.2 Å². The van der Waals surface area contributed by atoms with Crippen LogP contribution in [0.4, 0.5) is 0 Å². The number of rotatable bonds is 4. The molecule has 0 spiro atoms. The Bertz CT molecular complexity index is 5200. The first kappa shape index (κ1) is 84.0. The van der Waals surface area contributed by atoms with Gasteiger partial charge in [0.15, 0.2) is 24.8 Å². The van der Waals surface area contributed by atoms with Crippen molar-refractivity contribution in [2.45, 2.75) is 138 Å². The van der Waals surface area contributed by atoms with Gasteiger partial charge in [0.2, 0.25) is 22.8 Å². The van der Waals surface area contributed by atoms with Crippen LogP contribution in [0.3, 0.4) is 0 Å². The summed E-state index contributed by atoms with van der Waals surface area (Å²) < 4.78 is 8.71. The van der Waals surface area contributed by atoms with Crippen molar-refractivity contribution in [1.29, 1.82) is 0 Å². The van der Waals surface area contributed by atoms with Gasteiger partial charge in [0.25, 0.3) is 0 Å². The van der Waals surface area contributed by atoms with Crippen LogP contribution in [0.1, 0.15) is 133 Å². The summed E-state index contributed by atoms with van der Waals surface area (Å²) in [6.45, 7) is 40.9. The Morgan fingerprint density at radius 2 is 0.481 bits per heavy atom. The molecular formula is C100H120N4+4. The summed E-state index contributed by atoms with van der Waals surface area (Å²) in [6, 6.07) is 95.7. The number of aromatic nitrogens is 4. The van der Waals surface area contributed by atoms with E-state index >= 15 is 0 Å². The van der Waals surface area contributed by atoms with Crippen molar-refractivity contribution in [2.24, 2.45) is 28.2 Å². The van der Waals surface area contributed by atoms with E-state index in [0.717, 1.165) is 0 Å². The topological polar surface area (TPSA) is 15.5 Å². The zero-order chi connectivity index (χ0) is 76.4. The summed E-state index contributed by atoms with van der Waals surface area (Å²) in [5, 5.41) is 21.1. The molecule has 4 nitrogen and oxygen atoms in total. The number of aryl methyl sites for hydroxylation is 8. The van der Waals surface area contributed by atoms with E-state index in [1.165, 1.54) is 153 Å². The standard InChI is InChI=1S/4C21H18N.8C2H6/c1-15-17-11-10-16-7-3-4-8-19(16)20(17)13-12-18(15)21-9-5-6-14-22(21)2;1-15-18(20-9-5-6-14-22(20)2)13-12-17-11-10-16-7-3-4-8-19(16)21(15)17;1-15-19(21-9-5-6-12-22(21)2)11-10-18-13-16-7-3-4-8-17(16)14-20(15)18;1-15-13-17-11-10-16-7-3-4-8-18(16)20(17)14-19(15)21-9-5-6-12-22(21)2;8*1-2/h4*3-14H,1-2H3;8*1-2H3/q4*+1;;;;;;;;. The average molecular weight is 1380 g/mol. The number of hydrogen-bond donors (Lipinski definition) is 0. The Hall–Kier alpha value is -10.7. The van der Waals surface area contributed by atoms with Crippen molar-refractivity contribution >= 4 is 86.2 Å². The van der Waals surface area contributed by atoms with Gasteiger partial charge >= 0.3 is 0 Å². The predicted molar refractivity (Wildman–Crippen MR) is 462 cm³/mol. The van der Waals surface area contributed by atoms with Gasteiger partial charge in [-0.3, -0.25) is 0 Å². The quantitative estimate of drug-likeness (QED) is 0.0948. The van der Waals surface area contributed by atoms with Gasteiger partial charge in [0.05, 0.1) is 0 Å². The summed E-state index contributed by atoms with van der Waals surface area (Å²) in [7, 11) is 8.39. The highest BCUT2D eigenvalue weighted by molar-refractivity contribution is 6.12. The van der Waals surface area contributed by atoms with E-state index in [1.807, 2.05) is 111 Å². The number of nitrogens with zero attached hydrogens (tertiary/aromatic N) is 4. The summed E-state index contributed by atoms with van der Waals surface area (Å²) in [6.07, 6.45) is 8.39. The van der Waals surface area contributed by atoms with Gasteiger partial charge < -0.3 is 0 Å². The fourth-order valence-corrected chi connectivity index (χ4v) is 13.2. The van der Waals surface area contributed by atoms with Crippen LogP contribution < -0.4 is 18.3 Å². The first-order valence-electron chi connectivity index (χ1n) is 38.5. The molecule has 0 N–H and O–H groups in total. The molecule has 0 aliphatic carbocycles. The molecule has 0 fully saturated rings. The Kier molecular flexibility index (Phi) is 35.0. The molecule has 4 aromatic heterocycles. The van der Waals surface area contributed by atoms with E-state index in [2.05, 4.69) is 366 Å². The molecule has 4 heteroatoms. The number of fused-ring (bicyclic) bond motifs is 11. The molecule has 536 valence electrons. The van der Waals surface area contributed by atoms with Gasteiger partial charge in [-0.15, -0.1) is 0 Å². The average Bonchev–Trinajstić information content (AvgIpc) is 0.784. The third kappa shape index (κ3) is 19.5. The first-order chi connectivity index (χ1) is 51.0. The molecule has 0 atom stereocenters. The van der Waals surface area contributed by atoms with Crippen LogP contribution in [-0.4, -0.2) is 0 Å². The fourth-order valence-electron chi connectivity index (χ4n) is 13.2. The highest BCUT2D eigenvalue weighted by atomic mass is 14.9. The molecule has 12 aromatic carbocycles. The molecule has 0 saturated carbocycles. The van der Waals surface area contributed by atoms with Crippen LogP contribution >= 0.6 is 0 Å². The minimum absolute atomic E-state index is 1.25. The molecule has 104 heavy (non-hydrogen) atoms. The second kappa shape index (κ2) is 43.3. The Morgan fingerprint density at radius 1 is 0.183 bits per heavy atom. The highest BCUT2D eigenvalue weighted by Crippen LogP contribution is 2.37. The van der Waals surface area contributed by atoms with Crippen LogP contribution in [0.5, 0.6) is 0 Å². The van der Waals surface area contributed by atoms with Gasteiger partial charge in [0, 0.05) is 70.8 Å². The van der Waals surface area contributed by atoms with Crippen LogP contribution in [0, 0.1) is 27.7 Å². The number of hydrogen-bond acceptors (Lipinski definition) is 0. The zero-order valence-electron chi connectivity index (χ0n) is 67.5. The van der Waals surface area contributed by atoms with Crippen molar-refractivity contribution in [1.82, 2.24) is 0 Å². The minimum atomic E-state index is 1.25. The Labute approximate surface area is 626 Å². The second-order valence-electron chi connectivity index (χ2n) is 23.4. The molecule has 0 aliphatic rings. The lowest BCUT2D eigenvalue weighted by Crippen LogP contribution is -2.30. The SMILES string of the molecule is CC.CC.CC.CC.CC.CC.CC.CC.Cc1c(-c2cccc[n+]2C)ccc2c1ccc1ccccc12.Cc1c(-c2cccc[n+]2C)ccc2cc3ccccc3cc12.Cc1c(-c2cccc[n+]2C)ccc2ccc3ccccc3c12.Cc1cc2ccc3ccccc3c2cc1-c1cccc[n+]1C. The maximum atomic E-state index is 2.34. The Morgan fingerprint density at radius 3 is 0.942 bits per heavy atom. The summed E-state index contributed by atoms with van der Waals surface area (Å²) in [5.41, 5.74) is 15.5. The van der Waals surface area contributed by atoms with Crippen LogP contribution in [0.25, 0.3) is 131 Å². The van der Waals surface area contributed by atoms with Crippen molar-refractivity contribution in [2.75, 3.05) is 0 Å². The van der Waals surface area contributed by atoms with E-state index in [9.17, 15) is 0 Å². The summed E-state index contributed by atoms with van der Waals surface area (Å²) >= 11 is 0.